The second-order valence-corrected chi connectivity index (χ2v) is 10.5. The van der Waals surface area contributed by atoms with E-state index in [0.717, 1.165) is 5.56 Å². The fourth-order valence-electron chi connectivity index (χ4n) is 3.39. The minimum atomic E-state index is -3.93. The van der Waals surface area contributed by atoms with E-state index in [1.807, 2.05) is 30.3 Å². The van der Waals surface area contributed by atoms with Crippen LogP contribution in [0.5, 0.6) is 0 Å². The Kier molecular flexibility index (Phi) is 7.20. The van der Waals surface area contributed by atoms with Crippen LogP contribution in [0, 0.1) is 0 Å². The Bertz CT molecular complexity index is 1040. The van der Waals surface area contributed by atoms with Gasteiger partial charge in [0.1, 0.15) is 11.6 Å². The van der Waals surface area contributed by atoms with Crippen LogP contribution in [-0.4, -0.2) is 60.9 Å². The molecule has 1 atom stereocenters. The number of carbonyl (C=O) groups is 2. The van der Waals surface area contributed by atoms with Crippen LogP contribution < -0.4 is 5.32 Å². The van der Waals surface area contributed by atoms with Gasteiger partial charge in [-0.1, -0.05) is 48.5 Å². The summed E-state index contributed by atoms with van der Waals surface area (Å²) in [6.07, 6.45) is -0.574. The molecular weight excluding hydrogens is 430 g/mol. The predicted octanol–water partition coefficient (Wildman–Crippen LogP) is 2.61. The molecule has 2 aromatic carbocycles. The molecule has 1 fully saturated rings. The minimum absolute atomic E-state index is 0.0140. The summed E-state index contributed by atoms with van der Waals surface area (Å²) in [6, 6.07) is 16.2. The van der Waals surface area contributed by atoms with Crippen LogP contribution in [0.4, 0.5) is 4.79 Å². The van der Waals surface area contributed by atoms with Gasteiger partial charge in [-0.3, -0.25) is 4.79 Å². The number of nitrogens with one attached hydrogen (secondary N) is 1. The summed E-state index contributed by atoms with van der Waals surface area (Å²) in [4.78, 5) is 27.2. The Labute approximate surface area is 189 Å². The molecule has 9 heteroatoms. The van der Waals surface area contributed by atoms with Crippen LogP contribution in [0.3, 0.4) is 0 Å². The summed E-state index contributed by atoms with van der Waals surface area (Å²) >= 11 is 0. The highest BCUT2D eigenvalue weighted by Gasteiger charge is 2.42. The van der Waals surface area contributed by atoms with E-state index >= 15 is 0 Å². The molecule has 172 valence electrons. The topological polar surface area (TPSA) is 96.0 Å². The van der Waals surface area contributed by atoms with Crippen molar-refractivity contribution in [2.75, 3.05) is 19.6 Å². The molecule has 2 amide bonds. The summed E-state index contributed by atoms with van der Waals surface area (Å²) in [5.41, 5.74) is 0.188. The van der Waals surface area contributed by atoms with E-state index in [2.05, 4.69) is 5.32 Å². The largest absolute Gasteiger partial charge is 0.444 e. The van der Waals surface area contributed by atoms with Gasteiger partial charge in [0.05, 0.1) is 4.90 Å². The van der Waals surface area contributed by atoms with Crippen molar-refractivity contribution in [2.24, 2.45) is 0 Å². The molecule has 0 bridgehead atoms. The molecule has 8 nitrogen and oxygen atoms in total. The van der Waals surface area contributed by atoms with Crippen LogP contribution in [0.2, 0.25) is 0 Å². The standard InChI is InChI=1S/C23H29N3O5S/c1-23(2,3)31-22(28)25-14-15-26(32(29,30)19-12-8-5-9-13-19)20(17-25)21(27)24-16-18-10-6-4-7-11-18/h4-13,20H,14-17H2,1-3H3,(H,24,27). The lowest BCUT2D eigenvalue weighted by Crippen LogP contribution is -2.61. The Balaban J connectivity index is 1.83. The van der Waals surface area contributed by atoms with Gasteiger partial charge < -0.3 is 15.0 Å². The molecule has 1 aliphatic heterocycles. The van der Waals surface area contributed by atoms with E-state index in [0.29, 0.717) is 0 Å². The first-order valence-corrected chi connectivity index (χ1v) is 11.9. The fraction of sp³-hybridized carbons (Fsp3) is 0.391. The zero-order valence-corrected chi connectivity index (χ0v) is 19.3. The lowest BCUT2D eigenvalue weighted by Gasteiger charge is -2.39. The fourth-order valence-corrected chi connectivity index (χ4v) is 4.98. The van der Waals surface area contributed by atoms with Crippen molar-refractivity contribution in [3.63, 3.8) is 0 Å². The van der Waals surface area contributed by atoms with Crippen molar-refractivity contribution in [3.05, 3.63) is 66.2 Å². The van der Waals surface area contributed by atoms with Crippen LogP contribution >= 0.6 is 0 Å². The molecule has 32 heavy (non-hydrogen) atoms. The number of rotatable bonds is 5. The maximum absolute atomic E-state index is 13.3. The summed E-state index contributed by atoms with van der Waals surface area (Å²) in [7, 11) is -3.93. The number of carbonyl (C=O) groups excluding carboxylic acids is 2. The molecule has 0 saturated carbocycles. The molecule has 1 N–H and O–H groups in total. The van der Waals surface area contributed by atoms with Gasteiger partial charge in [-0.05, 0) is 38.5 Å². The number of amides is 2. The molecular formula is C23H29N3O5S. The average Bonchev–Trinajstić information content (AvgIpc) is 2.77. The molecule has 3 rings (SSSR count). The number of nitrogens with zero attached hydrogens (tertiary/aromatic N) is 2. The normalized spacial score (nSPS) is 17.6. The smallest absolute Gasteiger partial charge is 0.410 e. The van der Waals surface area contributed by atoms with Gasteiger partial charge in [0.2, 0.25) is 15.9 Å². The van der Waals surface area contributed by atoms with Gasteiger partial charge >= 0.3 is 6.09 Å². The van der Waals surface area contributed by atoms with Gasteiger partial charge in [-0.25, -0.2) is 13.2 Å². The Hall–Kier alpha value is -2.91. The Morgan fingerprint density at radius 2 is 1.59 bits per heavy atom. The SMILES string of the molecule is CC(C)(C)OC(=O)N1CCN(S(=O)(=O)c2ccccc2)C(C(=O)NCc2ccccc2)C1. The summed E-state index contributed by atoms with van der Waals surface area (Å²) in [6.45, 7) is 5.54. The van der Waals surface area contributed by atoms with E-state index in [4.69, 9.17) is 4.74 Å². The highest BCUT2D eigenvalue weighted by Crippen LogP contribution is 2.23. The average molecular weight is 460 g/mol. The van der Waals surface area contributed by atoms with Crippen molar-refractivity contribution in [1.29, 1.82) is 0 Å². The molecule has 0 aliphatic carbocycles. The molecule has 2 aromatic rings. The third-order valence-corrected chi connectivity index (χ3v) is 6.87. The van der Waals surface area contributed by atoms with Crippen molar-refractivity contribution in [3.8, 4) is 0 Å². The highest BCUT2D eigenvalue weighted by molar-refractivity contribution is 7.89. The lowest BCUT2D eigenvalue weighted by atomic mass is 10.1. The maximum atomic E-state index is 13.3. The van der Waals surface area contributed by atoms with Crippen LogP contribution in [0.25, 0.3) is 0 Å². The molecule has 0 aromatic heterocycles. The van der Waals surface area contributed by atoms with E-state index in [-0.39, 0.29) is 31.1 Å². The number of sulfonamides is 1. The summed E-state index contributed by atoms with van der Waals surface area (Å²) < 4.78 is 33.2. The number of piperazine rings is 1. The van der Waals surface area contributed by atoms with Gasteiger partial charge in [-0.2, -0.15) is 4.31 Å². The van der Waals surface area contributed by atoms with Crippen LogP contribution in [0.15, 0.2) is 65.6 Å². The first-order chi connectivity index (χ1) is 15.1. The quantitative estimate of drug-likeness (QED) is 0.742. The number of hydrogen-bond donors (Lipinski definition) is 1. The first-order valence-electron chi connectivity index (χ1n) is 10.4. The zero-order chi connectivity index (χ0) is 23.4. The first kappa shape index (κ1) is 23.7. The van der Waals surface area contributed by atoms with E-state index in [9.17, 15) is 18.0 Å². The highest BCUT2D eigenvalue weighted by atomic mass is 32.2. The second-order valence-electron chi connectivity index (χ2n) is 8.57. The van der Waals surface area contributed by atoms with Crippen LogP contribution in [0.1, 0.15) is 26.3 Å². The number of benzene rings is 2. The predicted molar refractivity (Wildman–Crippen MR) is 120 cm³/mol. The van der Waals surface area contributed by atoms with E-state index in [1.165, 1.54) is 21.3 Å². The Morgan fingerprint density at radius 1 is 1.00 bits per heavy atom. The monoisotopic (exact) mass is 459 g/mol. The van der Waals surface area contributed by atoms with Gasteiger partial charge in [0.25, 0.3) is 0 Å². The number of ether oxygens (including phenoxy) is 1. The van der Waals surface area contributed by atoms with Crippen LogP contribution in [-0.2, 0) is 26.1 Å². The zero-order valence-electron chi connectivity index (χ0n) is 18.5. The summed E-state index contributed by atoms with van der Waals surface area (Å²) in [5, 5.41) is 2.81. The molecule has 0 spiro atoms. The Morgan fingerprint density at radius 3 is 2.19 bits per heavy atom. The van der Waals surface area contributed by atoms with Gasteiger partial charge in [0, 0.05) is 26.2 Å². The van der Waals surface area contributed by atoms with Crippen molar-refractivity contribution in [2.45, 2.75) is 43.9 Å². The van der Waals surface area contributed by atoms with Gasteiger partial charge in [-0.15, -0.1) is 0 Å². The van der Waals surface area contributed by atoms with E-state index < -0.39 is 33.7 Å². The maximum Gasteiger partial charge on any atom is 0.410 e. The van der Waals surface area contributed by atoms with Crippen molar-refractivity contribution < 1.29 is 22.7 Å². The molecule has 1 aliphatic rings. The second kappa shape index (κ2) is 9.70. The third-order valence-electron chi connectivity index (χ3n) is 4.94. The molecule has 1 unspecified atom stereocenters. The van der Waals surface area contributed by atoms with Crippen molar-refractivity contribution in [1.82, 2.24) is 14.5 Å². The summed E-state index contributed by atoms with van der Waals surface area (Å²) in [5.74, 6) is -0.471. The third kappa shape index (κ3) is 5.86. The van der Waals surface area contributed by atoms with Crippen molar-refractivity contribution >= 4 is 22.0 Å². The molecule has 1 heterocycles. The molecule has 1 saturated heterocycles. The lowest BCUT2D eigenvalue weighted by molar-refractivity contribution is -0.126. The number of hydrogen-bond acceptors (Lipinski definition) is 5. The van der Waals surface area contributed by atoms with Gasteiger partial charge in [0.15, 0.2) is 0 Å². The van der Waals surface area contributed by atoms with E-state index in [1.54, 1.807) is 39.0 Å². The minimum Gasteiger partial charge on any atom is -0.444 e. The molecule has 0 radical (unpaired) electrons.